The molecule has 0 saturated carbocycles. The topological polar surface area (TPSA) is 52.0 Å². The van der Waals surface area contributed by atoms with E-state index in [9.17, 15) is 0 Å². The van der Waals surface area contributed by atoms with Crippen molar-refractivity contribution in [2.24, 2.45) is 7.05 Å². The lowest BCUT2D eigenvalue weighted by Gasteiger charge is -2.10. The first-order valence-electron chi connectivity index (χ1n) is 5.45. The number of hydrogen-bond donors (Lipinski definition) is 1. The van der Waals surface area contributed by atoms with E-state index in [0.29, 0.717) is 13.2 Å². The first kappa shape index (κ1) is 11.6. The molecular weight excluding hydrogens is 216 g/mol. The molecule has 0 amide bonds. The third-order valence-electron chi connectivity index (χ3n) is 2.56. The number of aryl methyl sites for hydroxylation is 1. The average Bonchev–Trinajstić information content (AvgIpc) is 2.74. The molecule has 5 nitrogen and oxygen atoms in total. The van der Waals surface area contributed by atoms with Crippen molar-refractivity contribution in [2.45, 2.75) is 13.2 Å². The van der Waals surface area contributed by atoms with Crippen LogP contribution in [0.5, 0.6) is 0 Å². The van der Waals surface area contributed by atoms with Crippen LogP contribution in [0.4, 0.5) is 5.69 Å². The van der Waals surface area contributed by atoms with Gasteiger partial charge in [-0.3, -0.25) is 4.68 Å². The van der Waals surface area contributed by atoms with E-state index in [4.69, 9.17) is 4.74 Å². The highest BCUT2D eigenvalue weighted by Gasteiger charge is 2.03. The van der Waals surface area contributed by atoms with Crippen LogP contribution in [0.1, 0.15) is 11.4 Å². The Morgan fingerprint density at radius 1 is 1.35 bits per heavy atom. The van der Waals surface area contributed by atoms with Crippen LogP contribution in [0.25, 0.3) is 0 Å². The fourth-order valence-electron chi connectivity index (χ4n) is 1.63. The zero-order valence-corrected chi connectivity index (χ0v) is 10.1. The Balaban J connectivity index is 2.06. The van der Waals surface area contributed by atoms with E-state index < -0.39 is 0 Å². The van der Waals surface area contributed by atoms with Gasteiger partial charge in [-0.15, -0.1) is 0 Å². The number of nitrogens with zero attached hydrogens (tertiary/aromatic N) is 3. The van der Waals surface area contributed by atoms with E-state index in [-0.39, 0.29) is 0 Å². The quantitative estimate of drug-likeness (QED) is 0.850. The van der Waals surface area contributed by atoms with Crippen molar-refractivity contribution in [3.63, 3.8) is 0 Å². The van der Waals surface area contributed by atoms with E-state index in [2.05, 4.69) is 15.4 Å². The van der Waals surface area contributed by atoms with Gasteiger partial charge in [-0.05, 0) is 6.07 Å². The molecule has 0 aliphatic carbocycles. The molecule has 0 spiro atoms. The van der Waals surface area contributed by atoms with Gasteiger partial charge in [0, 0.05) is 25.4 Å². The normalized spacial score (nSPS) is 10.5. The molecule has 0 aliphatic rings. The van der Waals surface area contributed by atoms with Crippen LogP contribution < -0.4 is 5.32 Å². The second-order valence-corrected chi connectivity index (χ2v) is 3.74. The Bertz CT molecular complexity index is 481. The lowest BCUT2D eigenvalue weighted by molar-refractivity contribution is 0.185. The minimum atomic E-state index is 0.599. The fraction of sp³-hybridized carbons (Fsp3) is 0.333. The Labute approximate surface area is 100 Å². The second-order valence-electron chi connectivity index (χ2n) is 3.74. The number of anilines is 1. The number of para-hydroxylation sites is 1. The number of ether oxygens (including phenoxy) is 1. The molecule has 1 N–H and O–H groups in total. The summed E-state index contributed by atoms with van der Waals surface area (Å²) in [5.74, 6) is 0.900. The molecule has 2 aromatic rings. The van der Waals surface area contributed by atoms with Crippen molar-refractivity contribution in [3.8, 4) is 0 Å². The average molecular weight is 232 g/mol. The van der Waals surface area contributed by atoms with Gasteiger partial charge in [-0.2, -0.15) is 5.10 Å². The van der Waals surface area contributed by atoms with Crippen molar-refractivity contribution >= 4 is 5.69 Å². The van der Waals surface area contributed by atoms with Crippen LogP contribution in [-0.2, 0) is 24.9 Å². The largest absolute Gasteiger partial charge is 0.380 e. The minimum absolute atomic E-state index is 0.599. The summed E-state index contributed by atoms with van der Waals surface area (Å²) in [5, 5.41) is 7.37. The zero-order chi connectivity index (χ0) is 12.1. The molecular formula is C12H16N4O. The van der Waals surface area contributed by atoms with Crippen LogP contribution in [0.15, 0.2) is 30.6 Å². The predicted octanol–water partition coefficient (Wildman–Crippen LogP) is 1.57. The van der Waals surface area contributed by atoms with E-state index >= 15 is 0 Å². The smallest absolute Gasteiger partial charge is 0.145 e. The molecule has 1 aromatic carbocycles. The summed E-state index contributed by atoms with van der Waals surface area (Å²) in [6.45, 7) is 1.25. The number of rotatable bonds is 5. The van der Waals surface area contributed by atoms with Crippen LogP contribution in [0, 0.1) is 0 Å². The first-order valence-corrected chi connectivity index (χ1v) is 5.45. The molecule has 1 aromatic heterocycles. The summed E-state index contributed by atoms with van der Waals surface area (Å²) in [6.07, 6.45) is 1.55. The molecule has 0 radical (unpaired) electrons. The van der Waals surface area contributed by atoms with Gasteiger partial charge in [-0.1, -0.05) is 18.2 Å². The van der Waals surface area contributed by atoms with E-state index in [1.807, 2.05) is 31.3 Å². The summed E-state index contributed by atoms with van der Waals surface area (Å²) in [5.41, 5.74) is 2.20. The molecule has 0 bridgehead atoms. The fourth-order valence-corrected chi connectivity index (χ4v) is 1.63. The number of methoxy groups -OCH3 is 1. The molecule has 0 aliphatic heterocycles. The SMILES string of the molecule is COCc1ccccc1NCc1ncnn1C. The third kappa shape index (κ3) is 2.82. The number of nitrogens with one attached hydrogen (secondary N) is 1. The lowest BCUT2D eigenvalue weighted by atomic mass is 10.2. The van der Waals surface area contributed by atoms with E-state index in [0.717, 1.165) is 17.1 Å². The van der Waals surface area contributed by atoms with Crippen molar-refractivity contribution in [3.05, 3.63) is 42.0 Å². The second kappa shape index (κ2) is 5.45. The summed E-state index contributed by atoms with van der Waals surface area (Å²) in [4.78, 5) is 4.16. The van der Waals surface area contributed by atoms with E-state index in [1.165, 1.54) is 0 Å². The van der Waals surface area contributed by atoms with Crippen molar-refractivity contribution in [1.82, 2.24) is 14.8 Å². The van der Waals surface area contributed by atoms with Gasteiger partial charge in [0.1, 0.15) is 12.2 Å². The number of benzene rings is 1. The minimum Gasteiger partial charge on any atom is -0.380 e. The zero-order valence-electron chi connectivity index (χ0n) is 10.1. The molecule has 0 atom stereocenters. The van der Waals surface area contributed by atoms with Gasteiger partial charge in [-0.25, -0.2) is 4.98 Å². The molecule has 0 unspecified atom stereocenters. The standard InChI is InChI=1S/C12H16N4O/c1-16-12(14-9-15-16)7-13-11-6-4-3-5-10(11)8-17-2/h3-6,9,13H,7-8H2,1-2H3. The summed E-state index contributed by atoms with van der Waals surface area (Å²) < 4.78 is 6.91. The van der Waals surface area contributed by atoms with Crippen molar-refractivity contribution in [1.29, 1.82) is 0 Å². The number of aromatic nitrogens is 3. The van der Waals surface area contributed by atoms with Crippen LogP contribution >= 0.6 is 0 Å². The molecule has 17 heavy (non-hydrogen) atoms. The van der Waals surface area contributed by atoms with Gasteiger partial charge < -0.3 is 10.1 Å². The maximum atomic E-state index is 5.16. The molecule has 90 valence electrons. The van der Waals surface area contributed by atoms with Gasteiger partial charge in [0.2, 0.25) is 0 Å². The Kier molecular flexibility index (Phi) is 3.72. The molecule has 0 fully saturated rings. The Morgan fingerprint density at radius 3 is 2.88 bits per heavy atom. The highest BCUT2D eigenvalue weighted by atomic mass is 16.5. The Hall–Kier alpha value is -1.88. The van der Waals surface area contributed by atoms with Gasteiger partial charge >= 0.3 is 0 Å². The van der Waals surface area contributed by atoms with Crippen molar-refractivity contribution in [2.75, 3.05) is 12.4 Å². The summed E-state index contributed by atoms with van der Waals surface area (Å²) in [6, 6.07) is 8.08. The van der Waals surface area contributed by atoms with Gasteiger partial charge in [0.25, 0.3) is 0 Å². The molecule has 0 saturated heterocycles. The molecule has 5 heteroatoms. The monoisotopic (exact) mass is 232 g/mol. The van der Waals surface area contributed by atoms with E-state index in [1.54, 1.807) is 18.1 Å². The molecule has 2 rings (SSSR count). The van der Waals surface area contributed by atoms with Crippen molar-refractivity contribution < 1.29 is 4.74 Å². The van der Waals surface area contributed by atoms with Crippen LogP contribution in [0.2, 0.25) is 0 Å². The highest BCUT2D eigenvalue weighted by molar-refractivity contribution is 5.50. The third-order valence-corrected chi connectivity index (χ3v) is 2.56. The van der Waals surface area contributed by atoms with Crippen LogP contribution in [0.3, 0.4) is 0 Å². The summed E-state index contributed by atoms with van der Waals surface area (Å²) in [7, 11) is 3.57. The van der Waals surface area contributed by atoms with Gasteiger partial charge in [0.15, 0.2) is 0 Å². The lowest BCUT2D eigenvalue weighted by Crippen LogP contribution is -2.08. The maximum absolute atomic E-state index is 5.16. The molecule has 1 heterocycles. The highest BCUT2D eigenvalue weighted by Crippen LogP contribution is 2.16. The summed E-state index contributed by atoms with van der Waals surface area (Å²) >= 11 is 0. The predicted molar refractivity (Wildman–Crippen MR) is 65.5 cm³/mol. The Morgan fingerprint density at radius 2 is 2.18 bits per heavy atom. The maximum Gasteiger partial charge on any atom is 0.145 e. The number of hydrogen-bond acceptors (Lipinski definition) is 4. The van der Waals surface area contributed by atoms with Crippen LogP contribution in [-0.4, -0.2) is 21.9 Å². The van der Waals surface area contributed by atoms with Gasteiger partial charge in [0.05, 0.1) is 13.2 Å². The first-order chi connectivity index (χ1) is 8.31.